The number of hydrogen-bond donors (Lipinski definition) is 7. The molecule has 0 saturated heterocycles. The SMILES string of the molecule is COC(=O)c1cc(OCCCNC(=O)C(F)(F)F)c2cccc(NC(=O)c3cc(OCC(C)C)c4cccc(NC(=O)c5cc(OCCCNC(=O)C(F)(F)F)c6cccc(NC(=O)c7cc(OCC(C)C)c8cccc(NC(=O)c9cc(OCC(C)C)c%10cccc(N)c%10n9)c8n7)c6n5)c4n3)c2n1. The van der Waals surface area contributed by atoms with Gasteiger partial charge < -0.3 is 66.1 Å². The molecule has 31 heteroatoms. The van der Waals surface area contributed by atoms with E-state index >= 15 is 0 Å². The number of halogens is 6. The fourth-order valence-corrected chi connectivity index (χ4v) is 10.4. The normalized spacial score (nSPS) is 11.7. The molecule has 5 heterocycles. The summed E-state index contributed by atoms with van der Waals surface area (Å²) >= 11 is 0. The van der Waals surface area contributed by atoms with Gasteiger partial charge in [-0.3, -0.25) is 28.8 Å². The molecule has 0 unspecified atom stereocenters. The number of carbonyl (C=O) groups is 7. The van der Waals surface area contributed by atoms with Crippen molar-refractivity contribution in [2.24, 2.45) is 17.8 Å². The molecule has 542 valence electrons. The Hall–Kier alpha value is -12.2. The molecule has 5 aromatic carbocycles. The summed E-state index contributed by atoms with van der Waals surface area (Å²) in [5.41, 5.74) is 6.31. The molecule has 0 aliphatic heterocycles. The number of fused-ring (bicyclic) bond motifs is 5. The van der Waals surface area contributed by atoms with E-state index in [9.17, 15) is 59.9 Å². The Labute approximate surface area is 589 Å². The molecule has 25 nitrogen and oxygen atoms in total. The van der Waals surface area contributed by atoms with Crippen LogP contribution in [0.3, 0.4) is 0 Å². The zero-order chi connectivity index (χ0) is 74.7. The molecule has 8 N–H and O–H groups in total. The number of benzene rings is 5. The van der Waals surface area contributed by atoms with Crippen LogP contribution in [-0.4, -0.2) is 132 Å². The summed E-state index contributed by atoms with van der Waals surface area (Å²) in [6, 6.07) is 30.8. The van der Waals surface area contributed by atoms with Crippen molar-refractivity contribution >= 4 is 124 Å². The third-order valence-electron chi connectivity index (χ3n) is 15.3. The van der Waals surface area contributed by atoms with Crippen LogP contribution in [-0.2, 0) is 14.3 Å². The first kappa shape index (κ1) is 74.5. The van der Waals surface area contributed by atoms with Crippen molar-refractivity contribution in [3.63, 3.8) is 0 Å². The number of nitrogen functional groups attached to an aromatic ring is 1. The van der Waals surface area contributed by atoms with Crippen molar-refractivity contribution < 1.29 is 88.3 Å². The van der Waals surface area contributed by atoms with Crippen LogP contribution in [0.25, 0.3) is 54.5 Å². The molecule has 10 aromatic rings. The van der Waals surface area contributed by atoms with Crippen LogP contribution in [0.2, 0.25) is 0 Å². The summed E-state index contributed by atoms with van der Waals surface area (Å²) in [6.45, 7) is 10.9. The standard InChI is InChI=1S/C73H70F6N12O13/c1-37(2)34-102-57-30-50(83-60-40(57)15-8-20-45(60)80)65(92)88-47-22-11-18-43-58(103-35-38(3)4)31-52(85-62(43)47)67(94)89-46-21-9-16-41-55(100-27-13-25-81-70(97)72(74,75)76)29-51(84-61(41)46)66(93)90-48-23-12-19-44-59(104-36-39(5)6)32-53(86-63(44)48)68(95)91-49-24-10-17-42-56(33-54(69(96)99-7)87-64(42)49)101-28-14-26-82-71(98)73(77,78)79/h8-12,15-24,29-33,37-39H,13-14,25-28,34-36,80H2,1-7H3,(H,81,97)(H,82,98)(H,88,92)(H,89,94)(H,90,93)(H,91,95). The number of rotatable bonds is 28. The monoisotopic (exact) mass is 1440 g/mol. The molecule has 0 aliphatic carbocycles. The fourth-order valence-electron chi connectivity index (χ4n) is 10.4. The Morgan fingerprint density at radius 1 is 0.394 bits per heavy atom. The summed E-state index contributed by atoms with van der Waals surface area (Å²) in [5, 5.41) is 16.7. The van der Waals surface area contributed by atoms with Crippen molar-refractivity contribution in [1.29, 1.82) is 0 Å². The maximum Gasteiger partial charge on any atom is 0.471 e. The van der Waals surface area contributed by atoms with E-state index in [1.54, 1.807) is 77.4 Å². The molecule has 104 heavy (non-hydrogen) atoms. The number of aromatic nitrogens is 5. The Morgan fingerprint density at radius 2 is 0.663 bits per heavy atom. The number of anilines is 5. The van der Waals surface area contributed by atoms with Gasteiger partial charge in [0.05, 0.1) is 96.2 Å². The average molecular weight is 1440 g/mol. The van der Waals surface area contributed by atoms with Gasteiger partial charge in [-0.25, -0.2) is 29.7 Å². The number of amides is 6. The third kappa shape index (κ3) is 17.9. The second-order valence-corrected chi connectivity index (χ2v) is 24.9. The maximum absolute atomic E-state index is 15.0. The van der Waals surface area contributed by atoms with Gasteiger partial charge in [0.25, 0.3) is 23.6 Å². The highest BCUT2D eigenvalue weighted by atomic mass is 19.4. The van der Waals surface area contributed by atoms with Gasteiger partial charge in [-0.2, -0.15) is 26.3 Å². The predicted octanol–water partition coefficient (Wildman–Crippen LogP) is 12.8. The Kier molecular flexibility index (Phi) is 23.1. The number of alkyl halides is 6. The number of nitrogens with zero attached hydrogens (tertiary/aromatic N) is 5. The number of methoxy groups -OCH3 is 1. The highest BCUT2D eigenvalue weighted by molar-refractivity contribution is 6.16. The summed E-state index contributed by atoms with van der Waals surface area (Å²) in [4.78, 5) is 118. The Balaban J connectivity index is 0.989. The van der Waals surface area contributed by atoms with E-state index in [1.807, 2.05) is 41.5 Å². The minimum absolute atomic E-state index is 0.00501. The minimum atomic E-state index is -5.15. The minimum Gasteiger partial charge on any atom is -0.493 e. The molecule has 0 bridgehead atoms. The lowest BCUT2D eigenvalue weighted by molar-refractivity contribution is -0.173. The lowest BCUT2D eigenvalue weighted by Crippen LogP contribution is -2.37. The number of carbonyl (C=O) groups excluding carboxylic acids is 7. The van der Waals surface area contributed by atoms with Gasteiger partial charge in [-0.15, -0.1) is 0 Å². The summed E-state index contributed by atoms with van der Waals surface area (Å²) in [5.74, 6) is -7.53. The topological polar surface area (TPSA) is 338 Å². The fraction of sp³-hybridized carbons (Fsp3) is 0.288. The third-order valence-corrected chi connectivity index (χ3v) is 15.3. The Bertz CT molecular complexity index is 4980. The highest BCUT2D eigenvalue weighted by Crippen LogP contribution is 2.38. The second-order valence-electron chi connectivity index (χ2n) is 24.9. The number of ether oxygens (including phenoxy) is 6. The molecule has 6 amide bonds. The lowest BCUT2D eigenvalue weighted by atomic mass is 10.1. The predicted molar refractivity (Wildman–Crippen MR) is 376 cm³/mol. The van der Waals surface area contributed by atoms with Gasteiger partial charge in [0.1, 0.15) is 51.5 Å². The van der Waals surface area contributed by atoms with Crippen molar-refractivity contribution in [3.8, 4) is 28.7 Å². The van der Waals surface area contributed by atoms with Gasteiger partial charge in [-0.1, -0.05) is 71.9 Å². The number of para-hydroxylation sites is 5. The summed E-state index contributed by atoms with van der Waals surface area (Å²) in [6.07, 6.45) is -10.5. The molecule has 5 aromatic heterocycles. The van der Waals surface area contributed by atoms with Crippen molar-refractivity contribution in [1.82, 2.24) is 35.6 Å². The molecule has 0 aliphatic rings. The van der Waals surface area contributed by atoms with E-state index in [0.717, 1.165) is 7.11 Å². The van der Waals surface area contributed by atoms with Crippen LogP contribution in [0.5, 0.6) is 28.7 Å². The number of nitrogens with one attached hydrogen (secondary N) is 6. The van der Waals surface area contributed by atoms with E-state index in [4.69, 9.17) is 49.1 Å². The van der Waals surface area contributed by atoms with Gasteiger partial charge in [0, 0.05) is 70.4 Å². The van der Waals surface area contributed by atoms with E-state index < -0.39 is 66.9 Å². The molecule has 0 saturated carbocycles. The number of pyridine rings is 5. The van der Waals surface area contributed by atoms with Crippen LogP contribution < -0.4 is 61.3 Å². The number of nitrogens with two attached hydrogens (primary N) is 1. The van der Waals surface area contributed by atoms with Crippen LogP contribution >= 0.6 is 0 Å². The summed E-state index contributed by atoms with van der Waals surface area (Å²) in [7, 11) is 1.11. The van der Waals surface area contributed by atoms with Crippen molar-refractivity contribution in [2.45, 2.75) is 66.7 Å². The molecule has 0 atom stereocenters. The first-order chi connectivity index (χ1) is 49.5. The molecule has 0 radical (unpaired) electrons. The zero-order valence-corrected chi connectivity index (χ0v) is 57.0. The van der Waals surface area contributed by atoms with Gasteiger partial charge in [0.2, 0.25) is 0 Å². The van der Waals surface area contributed by atoms with E-state index in [0.29, 0.717) is 39.7 Å². The molecular formula is C73H70F6N12O13. The smallest absolute Gasteiger partial charge is 0.471 e. The van der Waals surface area contributed by atoms with E-state index in [-0.39, 0.29) is 164 Å². The first-order valence-corrected chi connectivity index (χ1v) is 32.7. The highest BCUT2D eigenvalue weighted by Gasteiger charge is 2.39. The molecule has 0 fully saturated rings. The number of esters is 1. The van der Waals surface area contributed by atoms with Crippen molar-refractivity contribution in [3.05, 3.63) is 150 Å². The van der Waals surface area contributed by atoms with Crippen LogP contribution in [0.15, 0.2) is 121 Å². The van der Waals surface area contributed by atoms with Crippen LogP contribution in [0.1, 0.15) is 107 Å². The van der Waals surface area contributed by atoms with E-state index in [1.165, 1.54) is 54.6 Å². The molecular weight excluding hydrogens is 1370 g/mol. The Morgan fingerprint density at radius 3 is 0.962 bits per heavy atom. The maximum atomic E-state index is 15.0. The first-order valence-electron chi connectivity index (χ1n) is 32.7. The van der Waals surface area contributed by atoms with Gasteiger partial charge in [0.15, 0.2) is 5.69 Å². The average Bonchev–Trinajstić information content (AvgIpc) is 0.778. The number of hydrogen-bond acceptors (Lipinski definition) is 19. The van der Waals surface area contributed by atoms with Crippen molar-refractivity contribution in [2.75, 3.05) is 80.2 Å². The zero-order valence-electron chi connectivity index (χ0n) is 57.0. The molecule has 0 spiro atoms. The van der Waals surface area contributed by atoms with Crippen LogP contribution in [0.4, 0.5) is 54.8 Å². The summed E-state index contributed by atoms with van der Waals surface area (Å²) < 4.78 is 114. The van der Waals surface area contributed by atoms with E-state index in [2.05, 4.69) is 31.2 Å². The van der Waals surface area contributed by atoms with Crippen LogP contribution in [0, 0.1) is 17.8 Å². The largest absolute Gasteiger partial charge is 0.493 e. The second kappa shape index (κ2) is 32.2. The molecule has 10 rings (SSSR count). The van der Waals surface area contributed by atoms with Gasteiger partial charge >= 0.3 is 30.1 Å². The lowest BCUT2D eigenvalue weighted by Gasteiger charge is -2.17. The quantitative estimate of drug-likeness (QED) is 0.0104. The van der Waals surface area contributed by atoms with Gasteiger partial charge in [-0.05, 0) is 91.3 Å².